The quantitative estimate of drug-likeness (QED) is 0.825. The van der Waals surface area contributed by atoms with Gasteiger partial charge in [-0.2, -0.15) is 0 Å². The van der Waals surface area contributed by atoms with Gasteiger partial charge in [-0.3, -0.25) is 4.79 Å². The van der Waals surface area contributed by atoms with E-state index in [1.807, 2.05) is 0 Å². The molecule has 0 aliphatic carbocycles. The van der Waals surface area contributed by atoms with E-state index in [4.69, 9.17) is 16.3 Å². The molecule has 1 aliphatic rings. The fourth-order valence-corrected chi connectivity index (χ4v) is 3.04. The van der Waals surface area contributed by atoms with E-state index < -0.39 is 5.82 Å². The lowest BCUT2D eigenvalue weighted by molar-refractivity contribution is -0.117. The molecule has 1 saturated heterocycles. The Balaban J connectivity index is 1.79. The van der Waals surface area contributed by atoms with Crippen molar-refractivity contribution in [3.63, 3.8) is 0 Å². The Bertz CT molecular complexity index is 487. The van der Waals surface area contributed by atoms with Gasteiger partial charge in [0.15, 0.2) is 0 Å². The molecular weight excluding hydrogens is 363 g/mol. The first-order chi connectivity index (χ1) is 10.1. The largest absolute Gasteiger partial charge is 0.378 e. The minimum Gasteiger partial charge on any atom is -0.378 e. The van der Waals surface area contributed by atoms with E-state index in [-0.39, 0.29) is 23.5 Å². The highest BCUT2D eigenvalue weighted by Crippen LogP contribution is 2.31. The first-order valence-corrected chi connectivity index (χ1v) is 8.00. The van der Waals surface area contributed by atoms with Gasteiger partial charge in [-0.1, -0.05) is 11.6 Å². The number of halogens is 3. The summed E-state index contributed by atoms with van der Waals surface area (Å²) in [6, 6.07) is 2.42. The molecule has 1 aliphatic heterocycles. The zero-order valence-electron chi connectivity index (χ0n) is 11.4. The van der Waals surface area contributed by atoms with Crippen molar-refractivity contribution < 1.29 is 13.9 Å². The predicted octanol–water partition coefficient (Wildman–Crippen LogP) is 3.34. The summed E-state index contributed by atoms with van der Waals surface area (Å²) < 4.78 is 19.2. The van der Waals surface area contributed by atoms with Crippen LogP contribution >= 0.6 is 27.5 Å². The van der Waals surface area contributed by atoms with E-state index >= 15 is 0 Å². The van der Waals surface area contributed by atoms with Gasteiger partial charge in [0.1, 0.15) is 5.82 Å². The summed E-state index contributed by atoms with van der Waals surface area (Å²) in [4.78, 5) is 11.9. The lowest BCUT2D eigenvalue weighted by atomic mass is 10.1. The lowest BCUT2D eigenvalue weighted by Gasteiger charge is -2.22. The smallest absolute Gasteiger partial charge is 0.226 e. The molecule has 21 heavy (non-hydrogen) atoms. The molecular formula is C14H17BrClFN2O2. The molecule has 1 heterocycles. The molecule has 0 unspecified atom stereocenters. The van der Waals surface area contributed by atoms with Crippen LogP contribution in [-0.2, 0) is 9.53 Å². The lowest BCUT2D eigenvalue weighted by Crippen LogP contribution is -2.33. The summed E-state index contributed by atoms with van der Waals surface area (Å²) in [5.41, 5.74) is 0.380. The Morgan fingerprint density at radius 3 is 2.86 bits per heavy atom. The third-order valence-corrected chi connectivity index (χ3v) is 4.16. The van der Waals surface area contributed by atoms with E-state index in [0.29, 0.717) is 16.8 Å². The zero-order valence-corrected chi connectivity index (χ0v) is 13.8. The number of amides is 1. The number of piperidine rings is 1. The summed E-state index contributed by atoms with van der Waals surface area (Å²) in [6.45, 7) is 2.27. The highest BCUT2D eigenvalue weighted by atomic mass is 79.9. The van der Waals surface area contributed by atoms with Crippen LogP contribution in [0.4, 0.5) is 10.1 Å². The van der Waals surface area contributed by atoms with Crippen LogP contribution in [0.25, 0.3) is 0 Å². The summed E-state index contributed by atoms with van der Waals surface area (Å²) in [6.07, 6.45) is 2.40. The Morgan fingerprint density at radius 2 is 2.19 bits per heavy atom. The van der Waals surface area contributed by atoms with Crippen molar-refractivity contribution in [2.24, 2.45) is 0 Å². The predicted molar refractivity (Wildman–Crippen MR) is 84.2 cm³/mol. The van der Waals surface area contributed by atoms with Crippen LogP contribution in [0.3, 0.4) is 0 Å². The van der Waals surface area contributed by atoms with Crippen molar-refractivity contribution in [1.82, 2.24) is 5.32 Å². The van der Waals surface area contributed by atoms with Gasteiger partial charge in [-0.25, -0.2) is 4.39 Å². The first-order valence-electron chi connectivity index (χ1n) is 6.83. The minimum absolute atomic E-state index is 0.162. The molecule has 2 rings (SSSR count). The van der Waals surface area contributed by atoms with Gasteiger partial charge in [-0.05, 0) is 54.0 Å². The second-order valence-corrected chi connectivity index (χ2v) is 6.12. The number of hydrogen-bond acceptors (Lipinski definition) is 3. The fraction of sp³-hybridized carbons (Fsp3) is 0.500. The van der Waals surface area contributed by atoms with Crippen LogP contribution in [0.2, 0.25) is 5.02 Å². The minimum atomic E-state index is -0.459. The summed E-state index contributed by atoms with van der Waals surface area (Å²) in [5.74, 6) is -0.669. The van der Waals surface area contributed by atoms with Crippen LogP contribution in [0.1, 0.15) is 19.3 Å². The van der Waals surface area contributed by atoms with Crippen molar-refractivity contribution >= 4 is 39.1 Å². The summed E-state index contributed by atoms with van der Waals surface area (Å²) in [7, 11) is 0. The van der Waals surface area contributed by atoms with Crippen LogP contribution in [0.15, 0.2) is 16.6 Å². The van der Waals surface area contributed by atoms with Gasteiger partial charge < -0.3 is 15.4 Å². The molecule has 1 amide bonds. The standard InChI is InChI=1S/C14H17BrClFN2O2/c15-11-7-9(17)8-12(16)14(11)19-13(20)3-6-21-10-1-4-18-5-2-10/h7-8,10,18H,1-6H2,(H,19,20). The highest BCUT2D eigenvalue weighted by molar-refractivity contribution is 9.10. The van der Waals surface area contributed by atoms with E-state index in [1.54, 1.807) is 0 Å². The molecule has 0 atom stereocenters. The first kappa shape index (κ1) is 16.7. The van der Waals surface area contributed by atoms with E-state index in [1.165, 1.54) is 6.07 Å². The molecule has 1 aromatic rings. The third-order valence-electron chi connectivity index (χ3n) is 3.24. The van der Waals surface area contributed by atoms with Crippen molar-refractivity contribution in [3.05, 3.63) is 27.4 Å². The monoisotopic (exact) mass is 378 g/mol. The molecule has 1 fully saturated rings. The van der Waals surface area contributed by atoms with Crippen molar-refractivity contribution in [2.45, 2.75) is 25.4 Å². The van der Waals surface area contributed by atoms with E-state index in [2.05, 4.69) is 26.6 Å². The zero-order chi connectivity index (χ0) is 15.2. The number of carbonyl (C=O) groups is 1. The van der Waals surface area contributed by atoms with Crippen LogP contribution in [-0.4, -0.2) is 31.7 Å². The van der Waals surface area contributed by atoms with Crippen molar-refractivity contribution in [1.29, 1.82) is 0 Å². The van der Waals surface area contributed by atoms with Gasteiger partial charge in [0.2, 0.25) is 5.91 Å². The Labute approximate surface area is 136 Å². The van der Waals surface area contributed by atoms with Gasteiger partial charge in [-0.15, -0.1) is 0 Å². The number of anilines is 1. The Morgan fingerprint density at radius 1 is 1.48 bits per heavy atom. The molecule has 0 bridgehead atoms. The van der Waals surface area contributed by atoms with Crippen molar-refractivity contribution in [2.75, 3.05) is 25.0 Å². The average Bonchev–Trinajstić information content (AvgIpc) is 2.44. The maximum Gasteiger partial charge on any atom is 0.226 e. The number of nitrogens with one attached hydrogen (secondary N) is 2. The molecule has 0 spiro atoms. The second kappa shape index (κ2) is 8.08. The molecule has 2 N–H and O–H groups in total. The normalized spacial score (nSPS) is 16.0. The molecule has 4 nitrogen and oxygen atoms in total. The SMILES string of the molecule is O=C(CCOC1CCNCC1)Nc1c(Cl)cc(F)cc1Br. The maximum absolute atomic E-state index is 13.1. The maximum atomic E-state index is 13.1. The van der Waals surface area contributed by atoms with Crippen molar-refractivity contribution in [3.8, 4) is 0 Å². The highest BCUT2D eigenvalue weighted by Gasteiger charge is 2.15. The number of benzene rings is 1. The molecule has 116 valence electrons. The number of hydrogen-bond donors (Lipinski definition) is 2. The van der Waals surface area contributed by atoms with Gasteiger partial charge in [0.25, 0.3) is 0 Å². The van der Waals surface area contributed by atoms with Gasteiger partial charge in [0.05, 0.1) is 29.8 Å². The molecule has 7 heteroatoms. The topological polar surface area (TPSA) is 50.4 Å². The number of carbonyl (C=O) groups excluding carboxylic acids is 1. The van der Waals surface area contributed by atoms with Crippen LogP contribution < -0.4 is 10.6 Å². The second-order valence-electron chi connectivity index (χ2n) is 4.86. The number of ether oxygens (including phenoxy) is 1. The van der Waals surface area contributed by atoms with E-state index in [0.717, 1.165) is 32.0 Å². The summed E-state index contributed by atoms with van der Waals surface area (Å²) >= 11 is 9.09. The molecule has 0 saturated carbocycles. The number of rotatable bonds is 5. The molecule has 0 aromatic heterocycles. The molecule has 0 radical (unpaired) electrons. The van der Waals surface area contributed by atoms with Gasteiger partial charge in [0, 0.05) is 4.47 Å². The molecule has 1 aromatic carbocycles. The fourth-order valence-electron chi connectivity index (χ4n) is 2.14. The van der Waals surface area contributed by atoms with Crippen LogP contribution in [0.5, 0.6) is 0 Å². The van der Waals surface area contributed by atoms with Gasteiger partial charge >= 0.3 is 0 Å². The van der Waals surface area contributed by atoms with Crippen LogP contribution in [0, 0.1) is 5.82 Å². The third kappa shape index (κ3) is 5.21. The Hall–Kier alpha value is -0.690. The average molecular weight is 380 g/mol. The Kier molecular flexibility index (Phi) is 6.41. The summed E-state index contributed by atoms with van der Waals surface area (Å²) in [5, 5.41) is 6.08. The van der Waals surface area contributed by atoms with E-state index in [9.17, 15) is 9.18 Å².